The molecule has 0 unspecified atom stereocenters. The third kappa shape index (κ3) is 6.04. The predicted molar refractivity (Wildman–Crippen MR) is 112 cm³/mol. The lowest BCUT2D eigenvalue weighted by Crippen LogP contribution is -2.21. The molecule has 144 valence electrons. The van der Waals surface area contributed by atoms with E-state index in [1.807, 2.05) is 43.3 Å². The first-order valence-corrected chi connectivity index (χ1v) is 8.99. The fourth-order valence-corrected chi connectivity index (χ4v) is 2.67. The van der Waals surface area contributed by atoms with Crippen molar-refractivity contribution in [2.75, 3.05) is 32.1 Å². The number of nitrogens with one attached hydrogen (secondary N) is 3. The van der Waals surface area contributed by atoms with Gasteiger partial charge in [-0.15, -0.1) is 0 Å². The molecule has 0 saturated heterocycles. The summed E-state index contributed by atoms with van der Waals surface area (Å²) in [6.45, 7) is 4.86. The molecule has 0 aromatic heterocycles. The van der Waals surface area contributed by atoms with E-state index in [1.54, 1.807) is 7.11 Å². The average Bonchev–Trinajstić information content (AvgIpc) is 2.70. The SMILES string of the molecule is CCOc1cc(NCCNCc2cccc(OC)c2)ccc1/C(C=N)=C/N. The Morgan fingerprint density at radius 2 is 2.04 bits per heavy atom. The lowest BCUT2D eigenvalue weighted by atomic mass is 10.1. The van der Waals surface area contributed by atoms with Crippen LogP contribution < -0.4 is 25.8 Å². The van der Waals surface area contributed by atoms with E-state index < -0.39 is 0 Å². The molecule has 0 aliphatic rings. The smallest absolute Gasteiger partial charge is 0.129 e. The molecule has 0 heterocycles. The van der Waals surface area contributed by atoms with Crippen molar-refractivity contribution in [2.45, 2.75) is 13.5 Å². The van der Waals surface area contributed by atoms with Crippen molar-refractivity contribution in [3.63, 3.8) is 0 Å². The maximum absolute atomic E-state index is 7.47. The summed E-state index contributed by atoms with van der Waals surface area (Å²) in [5, 5.41) is 14.3. The van der Waals surface area contributed by atoms with Gasteiger partial charge in [0.05, 0.1) is 13.7 Å². The third-order valence-electron chi connectivity index (χ3n) is 4.02. The predicted octanol–water partition coefficient (Wildman–Crippen LogP) is 3.24. The van der Waals surface area contributed by atoms with E-state index in [4.69, 9.17) is 20.6 Å². The second kappa shape index (κ2) is 10.9. The first kappa shape index (κ1) is 20.3. The largest absolute Gasteiger partial charge is 0.497 e. The van der Waals surface area contributed by atoms with Crippen LogP contribution in [0.1, 0.15) is 18.1 Å². The Kier molecular flexibility index (Phi) is 8.19. The van der Waals surface area contributed by atoms with E-state index in [-0.39, 0.29) is 0 Å². The van der Waals surface area contributed by atoms with E-state index >= 15 is 0 Å². The fraction of sp³-hybridized carbons (Fsp3) is 0.286. The van der Waals surface area contributed by atoms with Crippen LogP contribution >= 0.6 is 0 Å². The molecule has 27 heavy (non-hydrogen) atoms. The number of nitrogens with two attached hydrogens (primary N) is 1. The molecule has 6 heteroatoms. The maximum atomic E-state index is 7.47. The highest BCUT2D eigenvalue weighted by Crippen LogP contribution is 2.28. The summed E-state index contributed by atoms with van der Waals surface area (Å²) < 4.78 is 10.9. The van der Waals surface area contributed by atoms with Crippen molar-refractivity contribution in [3.8, 4) is 11.5 Å². The Labute approximate surface area is 160 Å². The number of ether oxygens (including phenoxy) is 2. The molecule has 0 atom stereocenters. The van der Waals surface area contributed by atoms with Crippen LogP contribution in [0.4, 0.5) is 5.69 Å². The van der Waals surface area contributed by atoms with Crippen molar-refractivity contribution in [1.29, 1.82) is 5.41 Å². The van der Waals surface area contributed by atoms with Gasteiger partial charge >= 0.3 is 0 Å². The van der Waals surface area contributed by atoms with Crippen LogP contribution in [0.3, 0.4) is 0 Å². The van der Waals surface area contributed by atoms with Gasteiger partial charge in [-0.05, 0) is 36.8 Å². The van der Waals surface area contributed by atoms with Crippen molar-refractivity contribution < 1.29 is 9.47 Å². The van der Waals surface area contributed by atoms with Crippen molar-refractivity contribution in [2.24, 2.45) is 5.73 Å². The van der Waals surface area contributed by atoms with Gasteiger partial charge in [-0.3, -0.25) is 0 Å². The molecule has 0 aliphatic carbocycles. The summed E-state index contributed by atoms with van der Waals surface area (Å²) in [4.78, 5) is 0. The van der Waals surface area contributed by atoms with Crippen LogP contribution in [0, 0.1) is 5.41 Å². The summed E-state index contributed by atoms with van der Waals surface area (Å²) in [7, 11) is 1.67. The van der Waals surface area contributed by atoms with Crippen molar-refractivity contribution in [3.05, 3.63) is 59.8 Å². The first-order chi connectivity index (χ1) is 13.2. The second-order valence-corrected chi connectivity index (χ2v) is 5.87. The Morgan fingerprint density at radius 1 is 1.19 bits per heavy atom. The van der Waals surface area contributed by atoms with Crippen LogP contribution in [0.15, 0.2) is 48.7 Å². The molecule has 2 aromatic rings. The van der Waals surface area contributed by atoms with Crippen LogP contribution in [-0.4, -0.2) is 33.0 Å². The van der Waals surface area contributed by atoms with E-state index in [9.17, 15) is 0 Å². The summed E-state index contributed by atoms with van der Waals surface area (Å²) in [6, 6.07) is 13.8. The van der Waals surface area contributed by atoms with Gasteiger partial charge < -0.3 is 31.3 Å². The van der Waals surface area contributed by atoms with Crippen molar-refractivity contribution in [1.82, 2.24) is 5.32 Å². The second-order valence-electron chi connectivity index (χ2n) is 5.87. The summed E-state index contributed by atoms with van der Waals surface area (Å²) in [5.74, 6) is 1.58. The number of hydrogen-bond donors (Lipinski definition) is 4. The van der Waals surface area contributed by atoms with Gasteiger partial charge in [-0.25, -0.2) is 0 Å². The number of benzene rings is 2. The molecule has 0 saturated carbocycles. The van der Waals surface area contributed by atoms with E-state index in [2.05, 4.69) is 16.7 Å². The minimum absolute atomic E-state index is 0.550. The normalized spacial score (nSPS) is 11.1. The zero-order valence-electron chi connectivity index (χ0n) is 15.9. The molecular weight excluding hydrogens is 340 g/mol. The monoisotopic (exact) mass is 368 g/mol. The summed E-state index contributed by atoms with van der Waals surface area (Å²) in [6.07, 6.45) is 2.65. The minimum atomic E-state index is 0.550. The highest BCUT2D eigenvalue weighted by Gasteiger charge is 2.08. The Bertz CT molecular complexity index is 775. The summed E-state index contributed by atoms with van der Waals surface area (Å²) >= 11 is 0. The molecule has 0 spiro atoms. The molecule has 6 nitrogen and oxygen atoms in total. The zero-order chi connectivity index (χ0) is 19.5. The molecular formula is C21H28N4O2. The molecule has 0 aliphatic heterocycles. The van der Waals surface area contributed by atoms with Crippen molar-refractivity contribution >= 4 is 17.5 Å². The molecule has 5 N–H and O–H groups in total. The van der Waals surface area contributed by atoms with Gasteiger partial charge in [-0.1, -0.05) is 12.1 Å². The highest BCUT2D eigenvalue weighted by molar-refractivity contribution is 6.09. The van der Waals surface area contributed by atoms with Gasteiger partial charge in [-0.2, -0.15) is 0 Å². The van der Waals surface area contributed by atoms with Gasteiger partial charge in [0.1, 0.15) is 11.5 Å². The molecule has 0 bridgehead atoms. The lowest BCUT2D eigenvalue weighted by Gasteiger charge is -2.14. The Hall–Kier alpha value is -2.99. The zero-order valence-corrected chi connectivity index (χ0v) is 15.9. The molecule has 0 amide bonds. The molecule has 0 fully saturated rings. The van der Waals surface area contributed by atoms with Crippen LogP contribution in [0.2, 0.25) is 0 Å². The topological polar surface area (TPSA) is 92.4 Å². The quantitative estimate of drug-likeness (QED) is 0.361. The van der Waals surface area contributed by atoms with Crippen LogP contribution in [0.25, 0.3) is 5.57 Å². The Morgan fingerprint density at radius 3 is 2.74 bits per heavy atom. The molecule has 2 rings (SSSR count). The third-order valence-corrected chi connectivity index (χ3v) is 4.02. The molecule has 0 radical (unpaired) electrons. The standard InChI is InChI=1S/C21H28N4O2/c1-3-27-21-12-18(7-8-20(21)17(13-22)14-23)25-10-9-24-15-16-5-4-6-19(11-16)26-2/h4-8,11-14,22,24-25H,3,9-10,15,23H2,1-2H3/b17-14+,22-13?. The summed E-state index contributed by atoms with van der Waals surface area (Å²) in [5.41, 5.74) is 9.19. The fourth-order valence-electron chi connectivity index (χ4n) is 2.67. The van der Waals surface area contributed by atoms with Crippen LogP contribution in [0.5, 0.6) is 11.5 Å². The maximum Gasteiger partial charge on any atom is 0.129 e. The average molecular weight is 368 g/mol. The highest BCUT2D eigenvalue weighted by atomic mass is 16.5. The van der Waals surface area contributed by atoms with Gasteiger partial charge in [0.25, 0.3) is 0 Å². The number of methoxy groups -OCH3 is 1. The Balaban J connectivity index is 1.88. The van der Waals surface area contributed by atoms with E-state index in [0.717, 1.165) is 36.6 Å². The van der Waals surface area contributed by atoms with E-state index in [0.29, 0.717) is 17.9 Å². The molecule has 2 aromatic carbocycles. The number of hydrogen-bond acceptors (Lipinski definition) is 6. The minimum Gasteiger partial charge on any atom is -0.497 e. The van der Waals surface area contributed by atoms with E-state index in [1.165, 1.54) is 18.0 Å². The van der Waals surface area contributed by atoms with Gasteiger partial charge in [0, 0.05) is 54.9 Å². The van der Waals surface area contributed by atoms with Gasteiger partial charge in [0.15, 0.2) is 0 Å². The van der Waals surface area contributed by atoms with Gasteiger partial charge in [0.2, 0.25) is 0 Å². The number of rotatable bonds is 11. The first-order valence-electron chi connectivity index (χ1n) is 8.99. The van der Waals surface area contributed by atoms with Crippen LogP contribution in [-0.2, 0) is 6.54 Å². The number of anilines is 1. The number of allylic oxidation sites excluding steroid dienone is 1. The lowest BCUT2D eigenvalue weighted by molar-refractivity contribution is 0.339.